The van der Waals surface area contributed by atoms with Gasteiger partial charge in [0.25, 0.3) is 0 Å². The first-order chi connectivity index (χ1) is 9.87. The summed E-state index contributed by atoms with van der Waals surface area (Å²) in [5.74, 6) is 0.547. The Morgan fingerprint density at radius 1 is 1.19 bits per heavy atom. The lowest BCUT2D eigenvalue weighted by molar-refractivity contribution is 0.192. The smallest absolute Gasteiger partial charge is 0.142 e. The molecule has 1 atom stereocenters. The highest BCUT2D eigenvalue weighted by Crippen LogP contribution is 2.19. The third kappa shape index (κ3) is 5.84. The largest absolute Gasteiger partial charge is 0.309 e. The number of nitriles is 1. The number of benzene rings is 1. The van der Waals surface area contributed by atoms with Crippen LogP contribution >= 0.6 is 0 Å². The molecule has 1 aromatic carbocycles. The first-order valence-electron chi connectivity index (χ1n) is 7.50. The standard InChI is InChI=1S/C17H28N4/c1-15(2)12-21(11-10-20(3)4)14-17(19,13-18)16-8-6-5-7-9-16/h5-9,15H,10-12,14,19H2,1-4H3. The van der Waals surface area contributed by atoms with Crippen molar-refractivity contribution in [2.24, 2.45) is 11.7 Å². The van der Waals surface area contributed by atoms with Gasteiger partial charge in [-0.2, -0.15) is 5.26 Å². The predicted octanol–water partition coefficient (Wildman–Crippen LogP) is 1.88. The second kappa shape index (κ2) is 8.14. The summed E-state index contributed by atoms with van der Waals surface area (Å²) in [7, 11) is 4.12. The van der Waals surface area contributed by atoms with Gasteiger partial charge in [-0.25, -0.2) is 0 Å². The Hall–Kier alpha value is -1.41. The van der Waals surface area contributed by atoms with Crippen molar-refractivity contribution in [2.75, 3.05) is 40.3 Å². The van der Waals surface area contributed by atoms with Gasteiger partial charge in [-0.3, -0.25) is 4.90 Å². The van der Waals surface area contributed by atoms with E-state index in [1.807, 2.05) is 30.3 Å². The molecule has 116 valence electrons. The molecule has 0 aromatic heterocycles. The highest BCUT2D eigenvalue weighted by atomic mass is 15.2. The normalized spacial score (nSPS) is 14.4. The molecule has 0 aliphatic heterocycles. The maximum Gasteiger partial charge on any atom is 0.142 e. The van der Waals surface area contributed by atoms with E-state index in [0.29, 0.717) is 12.5 Å². The Morgan fingerprint density at radius 3 is 2.29 bits per heavy atom. The van der Waals surface area contributed by atoms with Gasteiger partial charge >= 0.3 is 0 Å². The summed E-state index contributed by atoms with van der Waals surface area (Å²) in [6.45, 7) is 7.76. The van der Waals surface area contributed by atoms with Crippen molar-refractivity contribution >= 4 is 0 Å². The van der Waals surface area contributed by atoms with Gasteiger partial charge in [0.1, 0.15) is 5.54 Å². The molecule has 0 bridgehead atoms. The third-order valence-electron chi connectivity index (χ3n) is 3.45. The quantitative estimate of drug-likeness (QED) is 0.793. The molecule has 0 fully saturated rings. The van der Waals surface area contributed by atoms with Crippen LogP contribution in [0.15, 0.2) is 30.3 Å². The van der Waals surface area contributed by atoms with Crippen LogP contribution in [0.2, 0.25) is 0 Å². The average Bonchev–Trinajstić information content (AvgIpc) is 2.45. The Labute approximate surface area is 129 Å². The van der Waals surface area contributed by atoms with Gasteiger partial charge in [0.15, 0.2) is 0 Å². The van der Waals surface area contributed by atoms with Crippen molar-refractivity contribution in [1.82, 2.24) is 9.80 Å². The summed E-state index contributed by atoms with van der Waals surface area (Å²) in [4.78, 5) is 4.45. The minimum absolute atomic E-state index is 0.547. The fourth-order valence-electron chi connectivity index (χ4n) is 2.37. The van der Waals surface area contributed by atoms with Gasteiger partial charge in [-0.15, -0.1) is 0 Å². The summed E-state index contributed by atoms with van der Waals surface area (Å²) >= 11 is 0. The summed E-state index contributed by atoms with van der Waals surface area (Å²) in [6.07, 6.45) is 0. The van der Waals surface area contributed by atoms with E-state index in [1.165, 1.54) is 0 Å². The molecule has 0 radical (unpaired) electrons. The zero-order chi connectivity index (χ0) is 15.9. The molecule has 0 spiro atoms. The molecule has 0 saturated carbocycles. The summed E-state index contributed by atoms with van der Waals surface area (Å²) in [6, 6.07) is 12.0. The lowest BCUT2D eigenvalue weighted by Gasteiger charge is -2.32. The summed E-state index contributed by atoms with van der Waals surface area (Å²) < 4.78 is 0. The maximum atomic E-state index is 9.59. The minimum Gasteiger partial charge on any atom is -0.309 e. The Morgan fingerprint density at radius 2 is 1.81 bits per heavy atom. The van der Waals surface area contributed by atoms with E-state index >= 15 is 0 Å². The molecule has 1 aromatic rings. The van der Waals surface area contributed by atoms with Gasteiger partial charge in [0.2, 0.25) is 0 Å². The molecule has 21 heavy (non-hydrogen) atoms. The monoisotopic (exact) mass is 288 g/mol. The van der Waals surface area contributed by atoms with Crippen molar-refractivity contribution in [3.8, 4) is 6.07 Å². The Balaban J connectivity index is 2.85. The number of nitrogens with zero attached hydrogens (tertiary/aromatic N) is 3. The highest BCUT2D eigenvalue weighted by Gasteiger charge is 2.30. The van der Waals surface area contributed by atoms with Crippen molar-refractivity contribution in [3.05, 3.63) is 35.9 Å². The van der Waals surface area contributed by atoms with Gasteiger partial charge in [0.05, 0.1) is 6.07 Å². The van der Waals surface area contributed by atoms with Crippen LogP contribution < -0.4 is 5.73 Å². The first kappa shape index (κ1) is 17.6. The van der Waals surface area contributed by atoms with Crippen LogP contribution in [-0.4, -0.2) is 50.1 Å². The number of likely N-dealkylation sites (N-methyl/N-ethyl adjacent to an activating group) is 1. The molecule has 4 heteroatoms. The van der Waals surface area contributed by atoms with E-state index in [1.54, 1.807) is 0 Å². The molecule has 0 heterocycles. The predicted molar refractivity (Wildman–Crippen MR) is 87.8 cm³/mol. The molecular formula is C17H28N4. The summed E-state index contributed by atoms with van der Waals surface area (Å²) in [5.41, 5.74) is 6.31. The zero-order valence-electron chi connectivity index (χ0n) is 13.7. The Bertz CT molecular complexity index is 450. The molecule has 0 aliphatic rings. The molecule has 0 saturated heterocycles. The average molecular weight is 288 g/mol. The topological polar surface area (TPSA) is 56.3 Å². The summed E-state index contributed by atoms with van der Waals surface area (Å²) in [5, 5.41) is 9.59. The van der Waals surface area contributed by atoms with E-state index in [9.17, 15) is 5.26 Å². The molecule has 1 unspecified atom stereocenters. The van der Waals surface area contributed by atoms with E-state index in [0.717, 1.165) is 25.2 Å². The minimum atomic E-state index is -0.956. The molecule has 0 amide bonds. The van der Waals surface area contributed by atoms with Crippen LogP contribution in [0.1, 0.15) is 19.4 Å². The fourth-order valence-corrected chi connectivity index (χ4v) is 2.37. The van der Waals surface area contributed by atoms with Crippen molar-refractivity contribution in [2.45, 2.75) is 19.4 Å². The van der Waals surface area contributed by atoms with Gasteiger partial charge in [0, 0.05) is 26.2 Å². The SMILES string of the molecule is CC(C)CN(CCN(C)C)CC(N)(C#N)c1ccccc1. The van der Waals surface area contributed by atoms with Crippen LogP contribution in [0, 0.1) is 17.2 Å². The van der Waals surface area contributed by atoms with Gasteiger partial charge in [-0.05, 0) is 25.6 Å². The van der Waals surface area contributed by atoms with Crippen molar-refractivity contribution in [3.63, 3.8) is 0 Å². The fraction of sp³-hybridized carbons (Fsp3) is 0.588. The second-order valence-electron chi connectivity index (χ2n) is 6.38. The third-order valence-corrected chi connectivity index (χ3v) is 3.45. The Kier molecular flexibility index (Phi) is 6.83. The van der Waals surface area contributed by atoms with Crippen molar-refractivity contribution < 1.29 is 0 Å². The second-order valence-corrected chi connectivity index (χ2v) is 6.38. The van der Waals surface area contributed by atoms with Crippen LogP contribution in [0.4, 0.5) is 0 Å². The van der Waals surface area contributed by atoms with E-state index < -0.39 is 5.54 Å². The molecule has 4 nitrogen and oxygen atoms in total. The lowest BCUT2D eigenvalue weighted by atomic mass is 9.91. The van der Waals surface area contributed by atoms with Gasteiger partial charge in [-0.1, -0.05) is 44.2 Å². The van der Waals surface area contributed by atoms with E-state index in [-0.39, 0.29) is 0 Å². The number of hydrogen-bond acceptors (Lipinski definition) is 4. The van der Waals surface area contributed by atoms with Gasteiger partial charge < -0.3 is 10.6 Å². The molecule has 1 rings (SSSR count). The first-order valence-corrected chi connectivity index (χ1v) is 7.50. The zero-order valence-corrected chi connectivity index (χ0v) is 13.7. The number of hydrogen-bond donors (Lipinski definition) is 1. The molecule has 0 aliphatic carbocycles. The molecule has 2 N–H and O–H groups in total. The van der Waals surface area contributed by atoms with Crippen LogP contribution in [0.3, 0.4) is 0 Å². The van der Waals surface area contributed by atoms with E-state index in [2.05, 4.69) is 43.8 Å². The maximum absolute atomic E-state index is 9.59. The van der Waals surface area contributed by atoms with Crippen LogP contribution in [0.25, 0.3) is 0 Å². The van der Waals surface area contributed by atoms with Crippen LogP contribution in [-0.2, 0) is 5.54 Å². The molecular weight excluding hydrogens is 260 g/mol. The highest BCUT2D eigenvalue weighted by molar-refractivity contribution is 5.31. The van der Waals surface area contributed by atoms with Crippen molar-refractivity contribution in [1.29, 1.82) is 5.26 Å². The number of rotatable bonds is 8. The van der Waals surface area contributed by atoms with Crippen LogP contribution in [0.5, 0.6) is 0 Å². The number of nitrogens with two attached hydrogens (primary N) is 1. The van der Waals surface area contributed by atoms with E-state index in [4.69, 9.17) is 5.73 Å². The lowest BCUT2D eigenvalue weighted by Crippen LogP contribution is -2.49.